The van der Waals surface area contributed by atoms with Crippen LogP contribution in [0.3, 0.4) is 0 Å². The molecule has 0 nitrogen and oxygen atoms in total. The van der Waals surface area contributed by atoms with E-state index in [-0.39, 0.29) is 0 Å². The van der Waals surface area contributed by atoms with E-state index in [9.17, 15) is 0 Å². The van der Waals surface area contributed by atoms with Gasteiger partial charge < -0.3 is 0 Å². The fourth-order valence-corrected chi connectivity index (χ4v) is 3.25. The molecule has 0 aromatic heterocycles. The standard InChI is InChI=1S/C5H9Si.2CH3.Al/c1-5-6(2,3)4;;;/h2-4H3;2*1H3;. The van der Waals surface area contributed by atoms with E-state index in [1.54, 1.807) is 0 Å². The van der Waals surface area contributed by atoms with Crippen LogP contribution in [0.1, 0.15) is 0 Å². The molecule has 0 atom stereocenters. The zero-order valence-corrected chi connectivity index (χ0v) is 9.23. The van der Waals surface area contributed by atoms with Gasteiger partial charge in [-0.2, -0.15) is 5.54 Å². The molecule has 0 rings (SSSR count). The third-order valence-electron chi connectivity index (χ3n) is 0.736. The maximum atomic E-state index is 3.37. The zero-order chi connectivity index (χ0) is 7.49. The molecule has 9 heavy (non-hydrogen) atoms. The second-order valence-corrected chi connectivity index (χ2v) is 11.0. The quantitative estimate of drug-likeness (QED) is 0.370. The predicted molar refractivity (Wildman–Crippen MR) is 48.6 cm³/mol. The van der Waals surface area contributed by atoms with Crippen molar-refractivity contribution in [2.45, 2.75) is 31.2 Å². The molecular formula is C7H15AlSi. The van der Waals surface area contributed by atoms with E-state index in [1.165, 1.54) is 0 Å². The van der Waals surface area contributed by atoms with E-state index in [2.05, 4.69) is 41.5 Å². The minimum Gasteiger partial charge on any atom is -0.212 e. The van der Waals surface area contributed by atoms with Gasteiger partial charge >= 0.3 is 14.1 Å². The Kier molecular flexibility index (Phi) is 3.59. The summed E-state index contributed by atoms with van der Waals surface area (Å²) in [5.41, 5.74) is 3.37. The lowest BCUT2D eigenvalue weighted by Gasteiger charge is -2.03. The van der Waals surface area contributed by atoms with Gasteiger partial charge in [0.1, 0.15) is 8.07 Å². The first-order valence-corrected chi connectivity index (χ1v) is 9.83. The summed E-state index contributed by atoms with van der Waals surface area (Å²) < 4.78 is 0. The molecule has 0 aromatic rings. The highest BCUT2D eigenvalue weighted by atomic mass is 28.3. The first-order valence-electron chi connectivity index (χ1n) is 3.44. The van der Waals surface area contributed by atoms with Crippen LogP contribution >= 0.6 is 0 Å². The van der Waals surface area contributed by atoms with Crippen LogP contribution in [-0.2, 0) is 0 Å². The number of hydrogen-bond donors (Lipinski definition) is 0. The van der Waals surface area contributed by atoms with Crippen LogP contribution in [0.2, 0.25) is 31.2 Å². The lowest BCUT2D eigenvalue weighted by Crippen LogP contribution is -2.17. The molecule has 50 valence electrons. The Bertz CT molecular complexity index is 133. The molecular weight excluding hydrogens is 139 g/mol. The normalized spacial score (nSPS) is 9.89. The summed E-state index contributed by atoms with van der Waals surface area (Å²) in [6, 6.07) is 0. The molecule has 0 unspecified atom stereocenters. The Balaban J connectivity index is 3.88. The van der Waals surface area contributed by atoms with Crippen molar-refractivity contribution in [3.05, 3.63) is 0 Å². The molecule has 0 aliphatic carbocycles. The van der Waals surface area contributed by atoms with Gasteiger partial charge in [-0.3, -0.25) is 0 Å². The van der Waals surface area contributed by atoms with Crippen LogP contribution in [-0.4, -0.2) is 22.2 Å². The maximum Gasteiger partial charge on any atom is 0.368 e. The van der Waals surface area contributed by atoms with Crippen molar-refractivity contribution in [3.63, 3.8) is 0 Å². The molecule has 0 radical (unpaired) electrons. The van der Waals surface area contributed by atoms with Crippen molar-refractivity contribution in [1.29, 1.82) is 0 Å². The summed E-state index contributed by atoms with van der Waals surface area (Å²) in [4.78, 5) is 3.34. The van der Waals surface area contributed by atoms with Gasteiger partial charge in [0.2, 0.25) is 0 Å². The van der Waals surface area contributed by atoms with Gasteiger partial charge in [0, 0.05) is 0 Å². The van der Waals surface area contributed by atoms with E-state index in [4.69, 9.17) is 0 Å². The Morgan fingerprint density at radius 1 is 1.11 bits per heavy atom. The molecule has 0 saturated heterocycles. The highest BCUT2D eigenvalue weighted by Crippen LogP contribution is 1.96. The molecule has 0 N–H and O–H groups in total. The lowest BCUT2D eigenvalue weighted by atomic mass is 11.4. The van der Waals surface area contributed by atoms with E-state index in [0.717, 1.165) is 0 Å². The average molecular weight is 154 g/mol. The van der Waals surface area contributed by atoms with E-state index in [1.807, 2.05) is 0 Å². The van der Waals surface area contributed by atoms with Crippen LogP contribution in [0.15, 0.2) is 0 Å². The summed E-state index contributed by atoms with van der Waals surface area (Å²) >= 11 is -0.597. The number of hydrogen-bond acceptors (Lipinski definition) is 0. The minimum atomic E-state index is -1.05. The predicted octanol–water partition coefficient (Wildman–Crippen LogP) is 2.16. The second kappa shape index (κ2) is 3.47. The van der Waals surface area contributed by atoms with Gasteiger partial charge in [0.25, 0.3) is 0 Å². The van der Waals surface area contributed by atoms with Crippen LogP contribution in [0, 0.1) is 10.3 Å². The Hall–Kier alpha value is 0.309. The first kappa shape index (κ1) is 9.31. The summed E-state index contributed by atoms with van der Waals surface area (Å²) in [7, 11) is -1.05. The van der Waals surface area contributed by atoms with Crippen molar-refractivity contribution in [1.82, 2.24) is 0 Å². The topological polar surface area (TPSA) is 0 Å². The van der Waals surface area contributed by atoms with Gasteiger partial charge in [-0.15, -0.1) is 0 Å². The van der Waals surface area contributed by atoms with Crippen LogP contribution in [0.25, 0.3) is 0 Å². The van der Waals surface area contributed by atoms with E-state index >= 15 is 0 Å². The zero-order valence-electron chi connectivity index (χ0n) is 7.08. The van der Waals surface area contributed by atoms with Crippen LogP contribution < -0.4 is 0 Å². The Morgan fingerprint density at radius 3 is 1.67 bits per heavy atom. The van der Waals surface area contributed by atoms with Gasteiger partial charge in [-0.1, -0.05) is 31.2 Å². The van der Waals surface area contributed by atoms with Crippen molar-refractivity contribution in [3.8, 4) is 10.3 Å². The Labute approximate surface area is 64.1 Å². The van der Waals surface area contributed by atoms with E-state index < -0.39 is 22.2 Å². The molecule has 0 aliphatic rings. The van der Waals surface area contributed by atoms with Crippen LogP contribution in [0.4, 0.5) is 0 Å². The lowest BCUT2D eigenvalue weighted by molar-refractivity contribution is 1.81. The van der Waals surface area contributed by atoms with Crippen molar-refractivity contribution < 1.29 is 0 Å². The van der Waals surface area contributed by atoms with Crippen molar-refractivity contribution >= 4 is 22.2 Å². The summed E-state index contributed by atoms with van der Waals surface area (Å²) in [6.07, 6.45) is 0. The minimum absolute atomic E-state index is 0.597. The van der Waals surface area contributed by atoms with Gasteiger partial charge in [-0.05, 0) is 0 Å². The van der Waals surface area contributed by atoms with Gasteiger partial charge in [0.05, 0.1) is 0 Å². The molecule has 0 amide bonds. The fraction of sp³-hybridized carbons (Fsp3) is 0.714. The Morgan fingerprint density at radius 2 is 1.56 bits per heavy atom. The molecule has 0 spiro atoms. The van der Waals surface area contributed by atoms with Crippen LogP contribution in [0.5, 0.6) is 0 Å². The highest BCUT2D eigenvalue weighted by Gasteiger charge is 2.07. The maximum absolute atomic E-state index is 3.37. The first-order chi connectivity index (χ1) is 3.92. The SMILES string of the molecule is [CH3][Al]([CH3])[C]#C[Si](C)(C)C. The van der Waals surface area contributed by atoms with Crippen molar-refractivity contribution in [2.24, 2.45) is 0 Å². The monoisotopic (exact) mass is 154 g/mol. The summed E-state index contributed by atoms with van der Waals surface area (Å²) in [6.45, 7) is 6.87. The smallest absolute Gasteiger partial charge is 0.212 e. The largest absolute Gasteiger partial charge is 0.368 e. The van der Waals surface area contributed by atoms with Gasteiger partial charge in [-0.25, -0.2) is 4.78 Å². The molecule has 0 heterocycles. The fourth-order valence-electron chi connectivity index (χ4n) is 0.361. The molecule has 0 aliphatic heterocycles. The van der Waals surface area contributed by atoms with Crippen molar-refractivity contribution in [2.75, 3.05) is 0 Å². The summed E-state index contributed by atoms with van der Waals surface area (Å²) in [5.74, 6) is 4.54. The highest BCUT2D eigenvalue weighted by molar-refractivity contribution is 6.85. The number of rotatable bonds is 0. The second-order valence-electron chi connectivity index (χ2n) is 3.67. The van der Waals surface area contributed by atoms with E-state index in [0.29, 0.717) is 0 Å². The van der Waals surface area contributed by atoms with Gasteiger partial charge in [0.15, 0.2) is 0 Å². The molecule has 0 aromatic carbocycles. The molecule has 0 fully saturated rings. The third-order valence-corrected chi connectivity index (χ3v) is 2.64. The molecule has 2 heteroatoms. The summed E-state index contributed by atoms with van der Waals surface area (Å²) in [5, 5.41) is 0. The molecule has 0 bridgehead atoms. The average Bonchev–Trinajstić information content (AvgIpc) is 1.59. The third kappa shape index (κ3) is 8.31. The molecule has 0 saturated carbocycles.